The molecular weight excluding hydrogens is 376 g/mol. The number of rotatable bonds is 6. The van der Waals surface area contributed by atoms with E-state index in [1.807, 2.05) is 0 Å². The molecule has 2 rings (SSSR count). The number of hydrogen-bond donors (Lipinski definition) is 2. The Hall–Kier alpha value is -2.77. The van der Waals surface area contributed by atoms with Crippen molar-refractivity contribution in [3.63, 3.8) is 0 Å². The molecular formula is C16H16N4O4S2. The minimum absolute atomic E-state index is 0.0100. The molecule has 0 aliphatic rings. The van der Waals surface area contributed by atoms with Crippen LogP contribution in [0.1, 0.15) is 19.4 Å². The Bertz CT molecular complexity index is 970. The van der Waals surface area contributed by atoms with Crippen LogP contribution in [0.4, 0.5) is 5.13 Å². The van der Waals surface area contributed by atoms with Gasteiger partial charge < -0.3 is 5.11 Å². The van der Waals surface area contributed by atoms with Gasteiger partial charge in [0, 0.05) is 0 Å². The minimum Gasteiger partial charge on any atom is -0.508 e. The van der Waals surface area contributed by atoms with Gasteiger partial charge in [-0.15, -0.1) is 10.2 Å². The number of aromatic hydroxyl groups is 1. The third kappa shape index (κ3) is 5.11. The molecule has 0 aliphatic carbocycles. The number of hydrogen-bond acceptors (Lipinski definition) is 8. The van der Waals surface area contributed by atoms with Gasteiger partial charge in [0.1, 0.15) is 17.4 Å². The lowest BCUT2D eigenvalue weighted by Gasteiger charge is -2.02. The van der Waals surface area contributed by atoms with Gasteiger partial charge in [-0.1, -0.05) is 37.3 Å². The fourth-order valence-corrected chi connectivity index (χ4v) is 4.55. The molecule has 0 saturated carbocycles. The summed E-state index contributed by atoms with van der Waals surface area (Å²) in [4.78, 5) is 12.2. The van der Waals surface area contributed by atoms with Crippen molar-refractivity contribution < 1.29 is 18.3 Å². The summed E-state index contributed by atoms with van der Waals surface area (Å²) in [5.74, 6) is -0.807. The number of phenols is 1. The maximum Gasteiger partial charge on any atom is 0.268 e. The highest BCUT2D eigenvalue weighted by Gasteiger charge is 2.22. The summed E-state index contributed by atoms with van der Waals surface area (Å²) < 4.78 is 24.0. The van der Waals surface area contributed by atoms with E-state index in [1.165, 1.54) is 18.2 Å². The van der Waals surface area contributed by atoms with Crippen LogP contribution in [0.3, 0.4) is 0 Å². The number of amides is 1. The number of benzene rings is 1. The third-order valence-corrected chi connectivity index (χ3v) is 6.38. The summed E-state index contributed by atoms with van der Waals surface area (Å²) in [5, 5.41) is 28.0. The van der Waals surface area contributed by atoms with E-state index in [0.29, 0.717) is 5.56 Å². The third-order valence-electron chi connectivity index (χ3n) is 3.01. The molecule has 136 valence electrons. The molecule has 0 saturated heterocycles. The Labute approximate surface area is 154 Å². The predicted molar refractivity (Wildman–Crippen MR) is 97.1 cm³/mol. The number of anilines is 1. The van der Waals surface area contributed by atoms with Crippen LogP contribution in [0.5, 0.6) is 5.75 Å². The van der Waals surface area contributed by atoms with E-state index in [2.05, 4.69) is 15.5 Å². The first kappa shape index (κ1) is 19.6. The van der Waals surface area contributed by atoms with Crippen molar-refractivity contribution in [3.8, 4) is 11.8 Å². The van der Waals surface area contributed by atoms with Crippen LogP contribution in [-0.4, -0.2) is 35.4 Å². The van der Waals surface area contributed by atoms with Crippen LogP contribution >= 0.6 is 11.3 Å². The van der Waals surface area contributed by atoms with E-state index in [9.17, 15) is 18.3 Å². The summed E-state index contributed by atoms with van der Waals surface area (Å²) in [5.41, 5.74) is 0.351. The number of aromatic nitrogens is 2. The normalized spacial score (nSPS) is 12.0. The lowest BCUT2D eigenvalue weighted by Crippen LogP contribution is -2.13. The maximum absolute atomic E-state index is 12.2. The van der Waals surface area contributed by atoms with Crippen LogP contribution < -0.4 is 5.32 Å². The summed E-state index contributed by atoms with van der Waals surface area (Å²) in [6, 6.07) is 7.71. The van der Waals surface area contributed by atoms with Gasteiger partial charge in [-0.25, -0.2) is 8.42 Å². The van der Waals surface area contributed by atoms with Gasteiger partial charge in [0.15, 0.2) is 0 Å². The van der Waals surface area contributed by atoms with E-state index >= 15 is 0 Å². The van der Waals surface area contributed by atoms with Gasteiger partial charge >= 0.3 is 0 Å². The van der Waals surface area contributed by atoms with E-state index in [4.69, 9.17) is 5.26 Å². The van der Waals surface area contributed by atoms with Crippen LogP contribution in [0, 0.1) is 17.2 Å². The second kappa shape index (κ2) is 8.07. The highest BCUT2D eigenvalue weighted by Crippen LogP contribution is 2.23. The number of nitrogens with one attached hydrogen (secondary N) is 1. The molecule has 8 nitrogen and oxygen atoms in total. The standard InChI is InChI=1S/C16H16N4O4S2/c1-10(2)9-26(23,24)16-20-19-15(25-16)18-14(22)12(8-17)7-11-3-5-13(21)6-4-11/h3-7,10,21H,9H2,1-2H3,(H,18,19,22). The highest BCUT2D eigenvalue weighted by molar-refractivity contribution is 7.93. The fourth-order valence-electron chi connectivity index (χ4n) is 1.95. The van der Waals surface area contributed by atoms with E-state index in [0.717, 1.165) is 11.3 Å². The van der Waals surface area contributed by atoms with Gasteiger partial charge in [0.05, 0.1) is 5.75 Å². The molecule has 0 aliphatic heterocycles. The predicted octanol–water partition coefficient (Wildman–Crippen LogP) is 2.22. The fraction of sp³-hybridized carbons (Fsp3) is 0.250. The van der Waals surface area contributed by atoms with Crippen molar-refractivity contribution in [1.29, 1.82) is 5.26 Å². The summed E-state index contributed by atoms with van der Waals surface area (Å²) >= 11 is 0.734. The molecule has 1 aromatic heterocycles. The Morgan fingerprint density at radius 1 is 1.35 bits per heavy atom. The average Bonchev–Trinajstić information content (AvgIpc) is 3.02. The molecule has 1 heterocycles. The van der Waals surface area contributed by atoms with Gasteiger partial charge in [-0.05, 0) is 29.7 Å². The number of nitrogens with zero attached hydrogens (tertiary/aromatic N) is 3. The van der Waals surface area contributed by atoms with Crippen molar-refractivity contribution in [2.75, 3.05) is 11.1 Å². The molecule has 0 unspecified atom stereocenters. The smallest absolute Gasteiger partial charge is 0.268 e. The zero-order valence-corrected chi connectivity index (χ0v) is 15.6. The molecule has 0 fully saturated rings. The number of carbonyl (C=O) groups is 1. The van der Waals surface area contributed by atoms with Crippen molar-refractivity contribution in [2.24, 2.45) is 5.92 Å². The second-order valence-electron chi connectivity index (χ2n) is 5.76. The molecule has 0 radical (unpaired) electrons. The maximum atomic E-state index is 12.2. The first-order valence-electron chi connectivity index (χ1n) is 7.49. The van der Waals surface area contributed by atoms with E-state index in [-0.39, 0.29) is 32.5 Å². The monoisotopic (exact) mass is 392 g/mol. The van der Waals surface area contributed by atoms with Crippen molar-refractivity contribution >= 4 is 38.3 Å². The van der Waals surface area contributed by atoms with Crippen LogP contribution in [-0.2, 0) is 14.6 Å². The van der Waals surface area contributed by atoms with Crippen molar-refractivity contribution in [1.82, 2.24) is 10.2 Å². The van der Waals surface area contributed by atoms with Crippen LogP contribution in [0.2, 0.25) is 0 Å². The molecule has 2 aromatic rings. The Balaban J connectivity index is 2.16. The Kier molecular flexibility index (Phi) is 6.07. The van der Waals surface area contributed by atoms with Crippen molar-refractivity contribution in [2.45, 2.75) is 18.2 Å². The molecule has 1 aromatic carbocycles. The zero-order valence-electron chi connectivity index (χ0n) is 14.0. The Morgan fingerprint density at radius 3 is 2.58 bits per heavy atom. The molecule has 26 heavy (non-hydrogen) atoms. The molecule has 0 bridgehead atoms. The number of nitriles is 1. The quantitative estimate of drug-likeness (QED) is 0.437. The van der Waals surface area contributed by atoms with Gasteiger partial charge in [0.2, 0.25) is 19.3 Å². The minimum atomic E-state index is -3.56. The van der Waals surface area contributed by atoms with Crippen LogP contribution in [0.15, 0.2) is 34.2 Å². The highest BCUT2D eigenvalue weighted by atomic mass is 32.2. The van der Waals surface area contributed by atoms with E-state index < -0.39 is 15.7 Å². The Morgan fingerprint density at radius 2 is 2.00 bits per heavy atom. The van der Waals surface area contributed by atoms with Crippen LogP contribution in [0.25, 0.3) is 6.08 Å². The number of carbonyl (C=O) groups excluding carboxylic acids is 1. The molecule has 0 spiro atoms. The SMILES string of the molecule is CC(C)CS(=O)(=O)c1nnc(NC(=O)C(C#N)=Cc2ccc(O)cc2)s1. The molecule has 1 amide bonds. The summed E-state index contributed by atoms with van der Waals surface area (Å²) in [6.45, 7) is 3.54. The molecule has 10 heteroatoms. The van der Waals surface area contributed by atoms with Crippen molar-refractivity contribution in [3.05, 3.63) is 35.4 Å². The van der Waals surface area contributed by atoms with Gasteiger partial charge in [-0.3, -0.25) is 10.1 Å². The molecule has 2 N–H and O–H groups in total. The molecule has 0 atom stereocenters. The average molecular weight is 392 g/mol. The number of sulfone groups is 1. The topological polar surface area (TPSA) is 133 Å². The van der Waals surface area contributed by atoms with E-state index in [1.54, 1.807) is 32.0 Å². The first-order chi connectivity index (χ1) is 12.2. The summed E-state index contributed by atoms with van der Waals surface area (Å²) in [7, 11) is -3.56. The summed E-state index contributed by atoms with van der Waals surface area (Å²) in [6.07, 6.45) is 1.34. The number of phenolic OH excluding ortho intramolecular Hbond substituents is 1. The van der Waals surface area contributed by atoms with Gasteiger partial charge in [0.25, 0.3) is 5.91 Å². The zero-order chi connectivity index (χ0) is 19.3. The lowest BCUT2D eigenvalue weighted by molar-refractivity contribution is -0.112. The second-order valence-corrected chi connectivity index (χ2v) is 8.95. The van der Waals surface area contributed by atoms with Gasteiger partial charge in [-0.2, -0.15) is 5.26 Å². The largest absolute Gasteiger partial charge is 0.508 e. The first-order valence-corrected chi connectivity index (χ1v) is 9.96. The lowest BCUT2D eigenvalue weighted by atomic mass is 10.1.